The number of amidine groups is 1. The van der Waals surface area contributed by atoms with Gasteiger partial charge in [0.25, 0.3) is 0 Å². The maximum Gasteiger partial charge on any atom is 0.305 e. The second-order valence-corrected chi connectivity index (χ2v) is 10.1. The molecule has 0 radical (unpaired) electrons. The molecule has 0 spiro atoms. The second-order valence-electron chi connectivity index (χ2n) is 6.92. The van der Waals surface area contributed by atoms with Gasteiger partial charge in [0.15, 0.2) is 5.17 Å². The number of carbonyl (C=O) groups is 2. The molecule has 2 aliphatic rings. The van der Waals surface area contributed by atoms with Crippen LogP contribution in [0, 0.1) is 5.92 Å². The van der Waals surface area contributed by atoms with Crippen LogP contribution in [0.15, 0.2) is 68.1 Å². The fourth-order valence-corrected chi connectivity index (χ4v) is 5.76. The van der Waals surface area contributed by atoms with Gasteiger partial charge in [-0.2, -0.15) is 5.10 Å². The Morgan fingerprint density at radius 2 is 2.00 bits per heavy atom. The van der Waals surface area contributed by atoms with E-state index in [2.05, 4.69) is 49.6 Å². The molecule has 0 saturated carbocycles. The van der Waals surface area contributed by atoms with E-state index in [1.165, 1.54) is 5.56 Å². The normalized spacial score (nSPS) is 23.4. The van der Waals surface area contributed by atoms with E-state index in [4.69, 9.17) is 5.11 Å². The Morgan fingerprint density at radius 3 is 2.77 bits per heavy atom. The number of benzene rings is 2. The van der Waals surface area contributed by atoms with E-state index in [1.807, 2.05) is 30.3 Å². The molecule has 0 bridgehead atoms. The summed E-state index contributed by atoms with van der Waals surface area (Å²) < 4.78 is 0.965. The lowest BCUT2D eigenvalue weighted by atomic mass is 9.91. The molecule has 9 heteroatoms. The van der Waals surface area contributed by atoms with Gasteiger partial charge in [0.05, 0.1) is 12.1 Å². The zero-order valence-corrected chi connectivity index (χ0v) is 19.0. The number of nitrogens with zero attached hydrogens (tertiary/aromatic N) is 2. The summed E-state index contributed by atoms with van der Waals surface area (Å²) in [6.07, 6.45) is 0.597. The molecular weight excluding hydrogens is 486 g/mol. The molecule has 2 aromatic carbocycles. The molecule has 2 atom stereocenters. The molecule has 0 aromatic heterocycles. The van der Waals surface area contributed by atoms with Gasteiger partial charge in [0.2, 0.25) is 5.91 Å². The van der Waals surface area contributed by atoms with Crippen LogP contribution < -0.4 is 5.32 Å². The van der Waals surface area contributed by atoms with Crippen molar-refractivity contribution in [1.82, 2.24) is 5.32 Å². The summed E-state index contributed by atoms with van der Waals surface area (Å²) in [7, 11) is 0. The summed E-state index contributed by atoms with van der Waals surface area (Å²) in [5.41, 5.74) is 3.13. The predicted octanol–water partition coefficient (Wildman–Crippen LogP) is 4.18. The molecule has 2 aromatic rings. The number of nitrogens with one attached hydrogen (secondary N) is 1. The number of carboxylic acids is 1. The summed E-state index contributed by atoms with van der Waals surface area (Å²) in [5, 5.41) is 20.1. The highest BCUT2D eigenvalue weighted by molar-refractivity contribution is 9.10. The third-order valence-corrected chi connectivity index (χ3v) is 7.56. The quantitative estimate of drug-likeness (QED) is 0.597. The Bertz CT molecular complexity index is 1040. The summed E-state index contributed by atoms with van der Waals surface area (Å²) >= 11 is 6.46. The lowest BCUT2D eigenvalue weighted by molar-refractivity contribution is -0.138. The van der Waals surface area contributed by atoms with Crippen LogP contribution in [-0.4, -0.2) is 38.9 Å². The van der Waals surface area contributed by atoms with Crippen molar-refractivity contribution in [2.75, 3.05) is 5.75 Å². The third kappa shape index (κ3) is 4.96. The maximum atomic E-state index is 12.0. The first-order chi connectivity index (χ1) is 14.5. The number of thioether (sulfide) groups is 2. The van der Waals surface area contributed by atoms with Gasteiger partial charge in [-0.25, -0.2) is 0 Å². The number of aliphatic carboxylic acids is 1. The minimum absolute atomic E-state index is 0.167. The first kappa shape index (κ1) is 21.1. The van der Waals surface area contributed by atoms with E-state index in [-0.39, 0.29) is 18.2 Å². The molecular formula is C21H18BrN3O3S2. The van der Waals surface area contributed by atoms with E-state index in [0.717, 1.165) is 44.6 Å². The van der Waals surface area contributed by atoms with Crippen LogP contribution in [-0.2, 0) is 16.0 Å². The van der Waals surface area contributed by atoms with Crippen LogP contribution >= 0.6 is 39.5 Å². The predicted molar refractivity (Wildman–Crippen MR) is 124 cm³/mol. The monoisotopic (exact) mass is 503 g/mol. The van der Waals surface area contributed by atoms with Crippen LogP contribution in [0.1, 0.15) is 17.5 Å². The standard InChI is InChI=1S/C21H18BrN3O3S2/c22-14-6-7-16-15(9-14)19(13(11-29-16)8-12-4-2-1-3-5-12)24-25-21-23-20(28)17(30-21)10-18(26)27/h1-7,9,13,17H,8,10-11H2,(H,26,27)(H,23,25,28)/b24-19-. The van der Waals surface area contributed by atoms with E-state index < -0.39 is 11.2 Å². The van der Waals surface area contributed by atoms with E-state index in [0.29, 0.717) is 5.17 Å². The van der Waals surface area contributed by atoms with E-state index in [1.54, 1.807) is 11.8 Å². The number of hydrogen-bond acceptors (Lipinski definition) is 6. The molecule has 154 valence electrons. The van der Waals surface area contributed by atoms with Crippen LogP contribution in [0.5, 0.6) is 0 Å². The highest BCUT2D eigenvalue weighted by Gasteiger charge is 2.32. The van der Waals surface area contributed by atoms with E-state index >= 15 is 0 Å². The van der Waals surface area contributed by atoms with Gasteiger partial charge in [-0.05, 0) is 30.2 Å². The van der Waals surface area contributed by atoms with Gasteiger partial charge in [-0.3, -0.25) is 9.59 Å². The SMILES string of the molecule is O=C(O)CC1S/C(=N\N=C2/c3cc(Br)ccc3SCC2Cc2ccccc2)NC1=O. The fourth-order valence-electron chi connectivity index (χ4n) is 3.35. The number of amides is 1. The number of carboxylic acid groups (broad SMARTS) is 1. The molecule has 2 aliphatic heterocycles. The van der Waals surface area contributed by atoms with Crippen LogP contribution in [0.4, 0.5) is 0 Å². The largest absolute Gasteiger partial charge is 0.481 e. The number of hydrogen-bond donors (Lipinski definition) is 2. The fraction of sp³-hybridized carbons (Fsp3) is 0.238. The average Bonchev–Trinajstić information content (AvgIpc) is 3.06. The zero-order valence-electron chi connectivity index (χ0n) is 15.7. The van der Waals surface area contributed by atoms with Gasteiger partial charge in [0.1, 0.15) is 5.25 Å². The maximum absolute atomic E-state index is 12.0. The van der Waals surface area contributed by atoms with Crippen molar-refractivity contribution in [3.05, 3.63) is 64.1 Å². The summed E-state index contributed by atoms with van der Waals surface area (Å²) in [6.45, 7) is 0. The van der Waals surface area contributed by atoms with Crippen molar-refractivity contribution in [2.45, 2.75) is 23.0 Å². The van der Waals surface area contributed by atoms with Crippen molar-refractivity contribution in [3.8, 4) is 0 Å². The van der Waals surface area contributed by atoms with Gasteiger partial charge in [0, 0.05) is 26.6 Å². The summed E-state index contributed by atoms with van der Waals surface area (Å²) in [5.74, 6) is -0.305. The van der Waals surface area contributed by atoms with Gasteiger partial charge < -0.3 is 10.4 Å². The molecule has 1 saturated heterocycles. The Kier molecular flexibility index (Phi) is 6.60. The molecule has 2 unspecified atom stereocenters. The molecule has 30 heavy (non-hydrogen) atoms. The van der Waals surface area contributed by atoms with Crippen LogP contribution in [0.25, 0.3) is 0 Å². The smallest absolute Gasteiger partial charge is 0.305 e. The molecule has 2 N–H and O–H groups in total. The zero-order chi connectivity index (χ0) is 21.1. The summed E-state index contributed by atoms with van der Waals surface area (Å²) in [4.78, 5) is 24.1. The average molecular weight is 504 g/mol. The summed E-state index contributed by atoms with van der Waals surface area (Å²) in [6, 6.07) is 16.4. The minimum Gasteiger partial charge on any atom is -0.481 e. The van der Waals surface area contributed by atoms with Crippen molar-refractivity contribution in [3.63, 3.8) is 0 Å². The lowest BCUT2D eigenvalue weighted by Gasteiger charge is -2.26. The Labute approximate surface area is 190 Å². The highest BCUT2D eigenvalue weighted by atomic mass is 79.9. The van der Waals surface area contributed by atoms with Gasteiger partial charge >= 0.3 is 5.97 Å². The number of halogens is 1. The van der Waals surface area contributed by atoms with Crippen molar-refractivity contribution in [2.24, 2.45) is 16.1 Å². The topological polar surface area (TPSA) is 91.1 Å². The number of rotatable bonds is 5. The number of fused-ring (bicyclic) bond motifs is 1. The molecule has 0 aliphatic carbocycles. The molecule has 2 heterocycles. The van der Waals surface area contributed by atoms with Crippen LogP contribution in [0.3, 0.4) is 0 Å². The Balaban J connectivity index is 1.65. The highest BCUT2D eigenvalue weighted by Crippen LogP contribution is 2.36. The third-order valence-electron chi connectivity index (χ3n) is 4.75. The van der Waals surface area contributed by atoms with Crippen molar-refractivity contribution in [1.29, 1.82) is 0 Å². The van der Waals surface area contributed by atoms with Gasteiger partial charge in [-0.15, -0.1) is 16.9 Å². The minimum atomic E-state index is -1.01. The van der Waals surface area contributed by atoms with Gasteiger partial charge in [-0.1, -0.05) is 58.0 Å². The van der Waals surface area contributed by atoms with E-state index in [9.17, 15) is 9.59 Å². The second kappa shape index (κ2) is 9.36. The first-order valence-electron chi connectivity index (χ1n) is 9.31. The van der Waals surface area contributed by atoms with Crippen molar-refractivity contribution >= 4 is 62.2 Å². The molecule has 1 fully saturated rings. The number of carbonyl (C=O) groups excluding carboxylic acids is 1. The lowest BCUT2D eigenvalue weighted by Crippen LogP contribution is -2.27. The Morgan fingerprint density at radius 1 is 1.20 bits per heavy atom. The molecule has 6 nitrogen and oxygen atoms in total. The Hall–Kier alpha value is -2.10. The molecule has 1 amide bonds. The first-order valence-corrected chi connectivity index (χ1v) is 12.0. The molecule has 4 rings (SSSR count). The van der Waals surface area contributed by atoms with Crippen molar-refractivity contribution < 1.29 is 14.7 Å². The van der Waals surface area contributed by atoms with Crippen LogP contribution in [0.2, 0.25) is 0 Å².